The van der Waals surface area contributed by atoms with E-state index >= 15 is 0 Å². The smallest absolute Gasteiger partial charge is 0.0870 e. The lowest BCUT2D eigenvalue weighted by Crippen LogP contribution is -2.61. The molecule has 2 aromatic heterocycles. The lowest BCUT2D eigenvalue weighted by atomic mass is 9.92. The van der Waals surface area contributed by atoms with Crippen molar-refractivity contribution in [3.8, 4) is 0 Å². The standard InChI is InChI=1S/2C17H20ClN3O/c2*18-11-1-2-14-13(9-11)12-3-6-21-15(17(12)19-14)4-5-20-7-8-22-10-16(20)21/h2*1-2,9,15-16,19H,3-8,10H2/t2*15-,16-/m10/s1. The Labute approximate surface area is 268 Å². The molecule has 0 bridgehead atoms. The van der Waals surface area contributed by atoms with Crippen molar-refractivity contribution in [1.82, 2.24) is 29.6 Å². The number of aromatic nitrogens is 2. The highest BCUT2D eigenvalue weighted by molar-refractivity contribution is 6.31. The molecule has 10 heteroatoms. The number of morpholine rings is 2. The van der Waals surface area contributed by atoms with Crippen molar-refractivity contribution in [2.45, 2.75) is 50.1 Å². The van der Waals surface area contributed by atoms with E-state index in [0.29, 0.717) is 24.4 Å². The quantitative estimate of drug-likeness (QED) is 0.264. The van der Waals surface area contributed by atoms with Crippen LogP contribution in [0.3, 0.4) is 0 Å². The zero-order chi connectivity index (χ0) is 29.4. The van der Waals surface area contributed by atoms with E-state index < -0.39 is 0 Å². The first-order chi connectivity index (χ1) is 21.6. The summed E-state index contributed by atoms with van der Waals surface area (Å²) in [6.45, 7) is 10.2. The molecule has 0 spiro atoms. The van der Waals surface area contributed by atoms with Gasteiger partial charge in [0.05, 0.1) is 50.8 Å². The van der Waals surface area contributed by atoms with E-state index in [0.717, 1.165) is 75.5 Å². The van der Waals surface area contributed by atoms with Crippen molar-refractivity contribution in [1.29, 1.82) is 0 Å². The second kappa shape index (κ2) is 11.3. The van der Waals surface area contributed by atoms with Gasteiger partial charge in [-0.1, -0.05) is 23.2 Å². The molecule has 4 atom stereocenters. The normalized spacial score (nSPS) is 29.1. The Balaban J connectivity index is 0.000000123. The first-order valence-corrected chi connectivity index (χ1v) is 17.1. The van der Waals surface area contributed by atoms with Gasteiger partial charge in [0, 0.05) is 82.5 Å². The van der Waals surface area contributed by atoms with Crippen LogP contribution in [0.15, 0.2) is 36.4 Å². The van der Waals surface area contributed by atoms with Crippen LogP contribution in [0.25, 0.3) is 21.8 Å². The second-order valence-corrected chi connectivity index (χ2v) is 14.1. The summed E-state index contributed by atoms with van der Waals surface area (Å²) in [5.74, 6) is 0. The summed E-state index contributed by atoms with van der Waals surface area (Å²) in [7, 11) is 0. The fourth-order valence-corrected chi connectivity index (χ4v) is 9.35. The topological polar surface area (TPSA) is 63.0 Å². The van der Waals surface area contributed by atoms with Crippen LogP contribution in [-0.2, 0) is 22.3 Å². The Bertz CT molecular complexity index is 1580. The molecule has 0 aliphatic carbocycles. The highest BCUT2D eigenvalue weighted by Gasteiger charge is 2.43. The minimum atomic E-state index is 0.454. The van der Waals surface area contributed by atoms with Gasteiger partial charge in [-0.25, -0.2) is 0 Å². The third kappa shape index (κ3) is 4.64. The fourth-order valence-electron chi connectivity index (χ4n) is 9.01. The minimum Gasteiger partial charge on any atom is -0.377 e. The maximum absolute atomic E-state index is 6.20. The number of aromatic amines is 2. The average Bonchev–Trinajstić information content (AvgIpc) is 3.62. The van der Waals surface area contributed by atoms with Gasteiger partial charge >= 0.3 is 0 Å². The van der Waals surface area contributed by atoms with Crippen LogP contribution in [0.4, 0.5) is 0 Å². The maximum Gasteiger partial charge on any atom is 0.0870 e. The van der Waals surface area contributed by atoms with Gasteiger partial charge in [-0.15, -0.1) is 0 Å². The number of rotatable bonds is 0. The Morgan fingerprint density at radius 2 is 1.09 bits per heavy atom. The number of ether oxygens (including phenoxy) is 2. The lowest BCUT2D eigenvalue weighted by molar-refractivity contribution is -0.120. The number of hydrogen-bond acceptors (Lipinski definition) is 6. The molecule has 6 aliphatic rings. The highest BCUT2D eigenvalue weighted by atomic mass is 35.5. The molecule has 0 saturated carbocycles. The monoisotopic (exact) mass is 634 g/mol. The molecule has 2 N–H and O–H groups in total. The molecule has 10 rings (SSSR count). The number of halogens is 2. The number of nitrogens with one attached hydrogen (secondary N) is 2. The zero-order valence-corrected chi connectivity index (χ0v) is 26.5. The summed E-state index contributed by atoms with van der Waals surface area (Å²) in [6.07, 6.45) is 5.49. The Morgan fingerprint density at radius 3 is 1.57 bits per heavy atom. The molecule has 2 aromatic carbocycles. The Hall–Kier alpha value is -2.14. The third-order valence-electron chi connectivity index (χ3n) is 11.1. The van der Waals surface area contributed by atoms with Crippen molar-refractivity contribution in [2.24, 2.45) is 0 Å². The summed E-state index contributed by atoms with van der Waals surface area (Å²) in [5, 5.41) is 4.27. The average molecular weight is 636 g/mol. The van der Waals surface area contributed by atoms with Gasteiger partial charge in [0.2, 0.25) is 0 Å². The number of benzene rings is 2. The molecule has 4 fully saturated rings. The largest absolute Gasteiger partial charge is 0.377 e. The van der Waals surface area contributed by atoms with Gasteiger partial charge in [0.1, 0.15) is 0 Å². The molecule has 44 heavy (non-hydrogen) atoms. The van der Waals surface area contributed by atoms with Gasteiger partial charge in [-0.2, -0.15) is 0 Å². The van der Waals surface area contributed by atoms with Gasteiger partial charge in [-0.3, -0.25) is 19.6 Å². The molecule has 0 amide bonds. The predicted octanol–water partition coefficient (Wildman–Crippen LogP) is 5.57. The molecule has 8 heterocycles. The van der Waals surface area contributed by atoms with E-state index in [1.807, 2.05) is 12.1 Å². The van der Waals surface area contributed by atoms with Crippen LogP contribution in [0.2, 0.25) is 10.0 Å². The zero-order valence-electron chi connectivity index (χ0n) is 25.0. The van der Waals surface area contributed by atoms with Crippen molar-refractivity contribution in [3.05, 3.63) is 69.0 Å². The summed E-state index contributed by atoms with van der Waals surface area (Å²) in [4.78, 5) is 17.8. The van der Waals surface area contributed by atoms with Gasteiger partial charge in [0.25, 0.3) is 0 Å². The summed E-state index contributed by atoms with van der Waals surface area (Å²) in [5.41, 5.74) is 8.22. The first-order valence-electron chi connectivity index (χ1n) is 16.4. The van der Waals surface area contributed by atoms with Gasteiger partial charge in [-0.05, 0) is 73.2 Å². The van der Waals surface area contributed by atoms with Crippen LogP contribution in [0.5, 0.6) is 0 Å². The fraction of sp³-hybridized carbons (Fsp3) is 0.529. The van der Waals surface area contributed by atoms with Crippen molar-refractivity contribution in [3.63, 3.8) is 0 Å². The molecule has 6 aliphatic heterocycles. The van der Waals surface area contributed by atoms with E-state index in [4.69, 9.17) is 32.7 Å². The van der Waals surface area contributed by atoms with Gasteiger partial charge in [0.15, 0.2) is 0 Å². The Morgan fingerprint density at radius 1 is 0.614 bits per heavy atom. The van der Waals surface area contributed by atoms with Crippen molar-refractivity contribution < 1.29 is 9.47 Å². The van der Waals surface area contributed by atoms with E-state index in [1.165, 1.54) is 70.3 Å². The molecular weight excluding hydrogens is 595 g/mol. The summed E-state index contributed by atoms with van der Waals surface area (Å²) >= 11 is 12.4. The third-order valence-corrected chi connectivity index (χ3v) is 11.5. The van der Waals surface area contributed by atoms with E-state index in [9.17, 15) is 0 Å². The van der Waals surface area contributed by atoms with Crippen molar-refractivity contribution in [2.75, 3.05) is 65.7 Å². The molecule has 4 saturated heterocycles. The second-order valence-electron chi connectivity index (χ2n) is 13.2. The first kappa shape index (κ1) is 28.1. The molecular formula is C34H40Cl2N6O2. The van der Waals surface area contributed by atoms with Crippen molar-refractivity contribution >= 4 is 45.0 Å². The van der Waals surface area contributed by atoms with Crippen LogP contribution in [0, 0.1) is 0 Å². The Kier molecular flexibility index (Phi) is 7.21. The maximum atomic E-state index is 6.20. The van der Waals surface area contributed by atoms with Crippen LogP contribution in [-0.4, -0.2) is 108 Å². The van der Waals surface area contributed by atoms with E-state index in [2.05, 4.69) is 53.8 Å². The minimum absolute atomic E-state index is 0.454. The van der Waals surface area contributed by atoms with Crippen LogP contribution in [0.1, 0.15) is 47.4 Å². The molecule has 0 unspecified atom stereocenters. The number of fused-ring (bicyclic) bond motifs is 14. The molecule has 232 valence electrons. The number of H-pyrrole nitrogens is 2. The highest BCUT2D eigenvalue weighted by Crippen LogP contribution is 2.42. The number of nitrogens with zero attached hydrogens (tertiary/aromatic N) is 4. The van der Waals surface area contributed by atoms with E-state index in [-0.39, 0.29) is 0 Å². The molecule has 0 radical (unpaired) electrons. The van der Waals surface area contributed by atoms with Crippen LogP contribution >= 0.6 is 23.2 Å². The molecule has 4 aromatic rings. The predicted molar refractivity (Wildman–Crippen MR) is 175 cm³/mol. The lowest BCUT2D eigenvalue weighted by Gasteiger charge is -2.51. The van der Waals surface area contributed by atoms with Gasteiger partial charge < -0.3 is 19.4 Å². The summed E-state index contributed by atoms with van der Waals surface area (Å²) < 4.78 is 11.5. The molecule has 8 nitrogen and oxygen atoms in total. The van der Waals surface area contributed by atoms with E-state index in [1.54, 1.807) is 0 Å². The SMILES string of the molecule is Clc1ccc2[nH]c3c(c2c1)CCN1[C@@H]3CCN2CCOC[C@H]21.Clc1ccc2[nH]c3c(c2c1)CCN1[C@H]3CCN2CCOC[C@@H]21. The number of hydrogen-bond donors (Lipinski definition) is 2. The summed E-state index contributed by atoms with van der Waals surface area (Å²) in [6, 6.07) is 13.4. The van der Waals surface area contributed by atoms with Crippen LogP contribution < -0.4 is 0 Å².